The number of methoxy groups -OCH3 is 3. The Hall–Kier alpha value is -1.83. The number of carbonyl (C=O) groups excluding carboxylic acids is 1. The number of hydrogen-bond donors (Lipinski definition) is 1. The van der Waals surface area contributed by atoms with Crippen LogP contribution in [0.3, 0.4) is 0 Å². The molecule has 1 saturated heterocycles. The summed E-state index contributed by atoms with van der Waals surface area (Å²) in [6.45, 7) is 0.957. The fourth-order valence-corrected chi connectivity index (χ4v) is 4.41. The van der Waals surface area contributed by atoms with Gasteiger partial charge in [-0.2, -0.15) is 0 Å². The molecule has 3 rings (SSSR count). The molecule has 0 spiro atoms. The first-order chi connectivity index (χ1) is 13.1. The predicted molar refractivity (Wildman–Crippen MR) is 99.4 cm³/mol. The van der Waals surface area contributed by atoms with Crippen LogP contribution in [-0.4, -0.2) is 74.7 Å². The van der Waals surface area contributed by atoms with Gasteiger partial charge in [-0.05, 0) is 37.8 Å². The Kier molecular flexibility index (Phi) is 6.24. The van der Waals surface area contributed by atoms with Crippen LogP contribution >= 0.6 is 0 Å². The van der Waals surface area contributed by atoms with Gasteiger partial charge in [0.25, 0.3) is 5.91 Å². The number of carbonyl (C=O) groups is 1. The first-order valence-corrected chi connectivity index (χ1v) is 9.39. The van der Waals surface area contributed by atoms with Crippen molar-refractivity contribution in [3.63, 3.8) is 0 Å². The molecule has 0 radical (unpaired) electrons. The van der Waals surface area contributed by atoms with E-state index in [1.807, 2.05) is 4.90 Å². The minimum atomic E-state index is -0.325. The van der Waals surface area contributed by atoms with Crippen LogP contribution in [0.5, 0.6) is 11.5 Å². The zero-order valence-corrected chi connectivity index (χ0v) is 16.3. The quantitative estimate of drug-likeness (QED) is 0.779. The number of amides is 1. The molecule has 7 heteroatoms. The average molecular weight is 379 g/mol. The van der Waals surface area contributed by atoms with Gasteiger partial charge < -0.3 is 29.0 Å². The molecule has 1 aromatic rings. The van der Waals surface area contributed by atoms with Gasteiger partial charge in [-0.1, -0.05) is 0 Å². The van der Waals surface area contributed by atoms with Crippen molar-refractivity contribution in [2.45, 2.75) is 43.4 Å². The van der Waals surface area contributed by atoms with Gasteiger partial charge in [0.2, 0.25) is 0 Å². The summed E-state index contributed by atoms with van der Waals surface area (Å²) in [5.74, 6) is 1.07. The third-order valence-corrected chi connectivity index (χ3v) is 5.89. The van der Waals surface area contributed by atoms with E-state index in [0.717, 1.165) is 19.3 Å². The topological polar surface area (TPSA) is 77.5 Å². The molecule has 0 bridgehead atoms. The Morgan fingerprint density at radius 3 is 2.74 bits per heavy atom. The summed E-state index contributed by atoms with van der Waals surface area (Å²) in [6, 6.07) is 5.18. The molecular formula is C20H29NO6. The fourth-order valence-electron chi connectivity index (χ4n) is 4.41. The molecule has 1 aromatic carbocycles. The molecule has 2 aliphatic rings. The SMILES string of the molecule is COc1ccc(C(=O)N2CC[C@]3(OC)CC[C@H](OCCO)C[C@H]23)c(OC)c1. The highest BCUT2D eigenvalue weighted by atomic mass is 16.5. The van der Waals surface area contributed by atoms with Crippen molar-refractivity contribution in [1.82, 2.24) is 4.90 Å². The number of nitrogens with zero attached hydrogens (tertiary/aromatic N) is 1. The number of ether oxygens (including phenoxy) is 4. The largest absolute Gasteiger partial charge is 0.497 e. The molecule has 1 N–H and O–H groups in total. The smallest absolute Gasteiger partial charge is 0.257 e. The normalized spacial score (nSPS) is 27.3. The van der Waals surface area contributed by atoms with Crippen LogP contribution in [0.15, 0.2) is 18.2 Å². The number of aliphatic hydroxyl groups is 1. The van der Waals surface area contributed by atoms with E-state index >= 15 is 0 Å². The second-order valence-electron chi connectivity index (χ2n) is 7.09. The van der Waals surface area contributed by atoms with Gasteiger partial charge >= 0.3 is 0 Å². The molecule has 0 aromatic heterocycles. The lowest BCUT2D eigenvalue weighted by Crippen LogP contribution is -2.53. The van der Waals surface area contributed by atoms with E-state index in [1.54, 1.807) is 39.5 Å². The zero-order valence-electron chi connectivity index (χ0n) is 16.3. The summed E-state index contributed by atoms with van der Waals surface area (Å²) in [4.78, 5) is 15.2. The van der Waals surface area contributed by atoms with E-state index in [9.17, 15) is 4.79 Å². The third-order valence-electron chi connectivity index (χ3n) is 5.89. The minimum Gasteiger partial charge on any atom is -0.497 e. The van der Waals surface area contributed by atoms with Crippen molar-refractivity contribution in [3.8, 4) is 11.5 Å². The molecular weight excluding hydrogens is 350 g/mol. The van der Waals surface area contributed by atoms with E-state index in [1.165, 1.54) is 0 Å². The number of rotatable bonds is 7. The number of fused-ring (bicyclic) bond motifs is 1. The molecule has 1 aliphatic heterocycles. The minimum absolute atomic E-state index is 0.00226. The van der Waals surface area contributed by atoms with Crippen molar-refractivity contribution in [2.75, 3.05) is 41.1 Å². The van der Waals surface area contributed by atoms with Gasteiger partial charge in [-0.3, -0.25) is 4.79 Å². The van der Waals surface area contributed by atoms with E-state index in [2.05, 4.69) is 0 Å². The first kappa shape index (κ1) is 19.9. The van der Waals surface area contributed by atoms with Crippen LogP contribution in [0.1, 0.15) is 36.0 Å². The molecule has 1 aliphatic carbocycles. The number of aliphatic hydroxyl groups excluding tert-OH is 1. The molecule has 27 heavy (non-hydrogen) atoms. The number of hydrogen-bond acceptors (Lipinski definition) is 6. The predicted octanol–water partition coefficient (Wildman–Crippen LogP) is 1.86. The van der Waals surface area contributed by atoms with Crippen LogP contribution in [0.4, 0.5) is 0 Å². The molecule has 1 saturated carbocycles. The highest BCUT2D eigenvalue weighted by Gasteiger charge is 2.53. The highest BCUT2D eigenvalue weighted by molar-refractivity contribution is 5.97. The maximum absolute atomic E-state index is 13.3. The molecule has 150 valence electrons. The van der Waals surface area contributed by atoms with Crippen molar-refractivity contribution >= 4 is 5.91 Å². The van der Waals surface area contributed by atoms with Crippen molar-refractivity contribution < 1.29 is 28.8 Å². The summed E-state index contributed by atoms with van der Waals surface area (Å²) in [6.07, 6.45) is 3.26. The summed E-state index contributed by atoms with van der Waals surface area (Å²) in [5.41, 5.74) is 0.192. The van der Waals surface area contributed by atoms with Crippen molar-refractivity contribution in [3.05, 3.63) is 23.8 Å². The van der Waals surface area contributed by atoms with E-state index in [-0.39, 0.29) is 30.3 Å². The standard InChI is InChI=1S/C20H29NO6/c1-24-14-4-5-16(17(12-14)25-2)19(23)21-9-8-20(26-3)7-6-15(13-18(20)21)27-11-10-22/h4-5,12,15,18,22H,6-11,13H2,1-3H3/t15-,18-,20+/m0/s1. The Morgan fingerprint density at radius 1 is 1.26 bits per heavy atom. The number of benzene rings is 1. The summed E-state index contributed by atoms with van der Waals surface area (Å²) in [7, 11) is 4.86. The van der Waals surface area contributed by atoms with Crippen LogP contribution < -0.4 is 9.47 Å². The fraction of sp³-hybridized carbons (Fsp3) is 0.650. The second kappa shape index (κ2) is 8.46. The third kappa shape index (κ3) is 3.77. The summed E-state index contributed by atoms with van der Waals surface area (Å²) >= 11 is 0. The zero-order chi connectivity index (χ0) is 19.4. The van der Waals surface area contributed by atoms with E-state index < -0.39 is 0 Å². The van der Waals surface area contributed by atoms with Gasteiger partial charge in [0.1, 0.15) is 11.5 Å². The molecule has 1 amide bonds. The van der Waals surface area contributed by atoms with Crippen LogP contribution in [0.2, 0.25) is 0 Å². The van der Waals surface area contributed by atoms with Crippen LogP contribution in [0.25, 0.3) is 0 Å². The Balaban J connectivity index is 1.84. The van der Waals surface area contributed by atoms with Gasteiger partial charge in [0.05, 0.1) is 50.7 Å². The Morgan fingerprint density at radius 2 is 2.07 bits per heavy atom. The lowest BCUT2D eigenvalue weighted by atomic mass is 9.79. The van der Waals surface area contributed by atoms with Gasteiger partial charge in [0, 0.05) is 19.7 Å². The molecule has 2 fully saturated rings. The molecule has 7 nitrogen and oxygen atoms in total. The maximum atomic E-state index is 13.3. The maximum Gasteiger partial charge on any atom is 0.257 e. The highest BCUT2D eigenvalue weighted by Crippen LogP contribution is 2.44. The molecule has 3 atom stereocenters. The lowest BCUT2D eigenvalue weighted by Gasteiger charge is -2.43. The Bertz CT molecular complexity index is 666. The summed E-state index contributed by atoms with van der Waals surface area (Å²) in [5, 5.41) is 9.03. The van der Waals surface area contributed by atoms with E-state index in [0.29, 0.717) is 36.6 Å². The molecule has 1 heterocycles. The van der Waals surface area contributed by atoms with Crippen molar-refractivity contribution in [2.24, 2.45) is 0 Å². The Labute approximate surface area is 160 Å². The first-order valence-electron chi connectivity index (χ1n) is 9.39. The van der Waals surface area contributed by atoms with Crippen molar-refractivity contribution in [1.29, 1.82) is 0 Å². The summed E-state index contributed by atoms with van der Waals surface area (Å²) < 4.78 is 22.3. The number of likely N-dealkylation sites (tertiary alicyclic amines) is 1. The van der Waals surface area contributed by atoms with Crippen LogP contribution in [0, 0.1) is 0 Å². The van der Waals surface area contributed by atoms with Gasteiger partial charge in [0.15, 0.2) is 0 Å². The van der Waals surface area contributed by atoms with Gasteiger partial charge in [-0.15, -0.1) is 0 Å². The van der Waals surface area contributed by atoms with Gasteiger partial charge in [-0.25, -0.2) is 0 Å². The molecule has 0 unspecified atom stereocenters. The van der Waals surface area contributed by atoms with Crippen LogP contribution in [-0.2, 0) is 9.47 Å². The monoisotopic (exact) mass is 379 g/mol. The van der Waals surface area contributed by atoms with E-state index in [4.69, 9.17) is 24.1 Å². The lowest BCUT2D eigenvalue weighted by molar-refractivity contribution is -0.0992. The second-order valence-corrected chi connectivity index (χ2v) is 7.09. The average Bonchev–Trinajstić information content (AvgIpc) is 3.10.